The first-order valence-corrected chi connectivity index (χ1v) is 5.87. The SMILES string of the molecule is CC(=O)c1c(N)on[n+]1N1CCSCC1. The molecule has 15 heavy (non-hydrogen) atoms. The summed E-state index contributed by atoms with van der Waals surface area (Å²) in [4.78, 5) is 12.8. The smallest absolute Gasteiger partial charge is 0.361 e. The van der Waals surface area contributed by atoms with E-state index in [9.17, 15) is 4.79 Å². The summed E-state index contributed by atoms with van der Waals surface area (Å²) in [5, 5.41) is 5.74. The Balaban J connectivity index is 2.30. The zero-order valence-corrected chi connectivity index (χ0v) is 9.29. The molecule has 6 nitrogen and oxygen atoms in total. The van der Waals surface area contributed by atoms with Gasteiger partial charge in [-0.2, -0.15) is 16.8 Å². The first kappa shape index (κ1) is 10.3. The van der Waals surface area contributed by atoms with Gasteiger partial charge in [0.25, 0.3) is 0 Å². The second-order valence-electron chi connectivity index (χ2n) is 3.30. The van der Waals surface area contributed by atoms with Crippen LogP contribution in [0.2, 0.25) is 0 Å². The second-order valence-corrected chi connectivity index (χ2v) is 4.52. The van der Waals surface area contributed by atoms with Crippen LogP contribution in [0, 0.1) is 0 Å². The molecule has 0 aromatic carbocycles. The fourth-order valence-electron chi connectivity index (χ4n) is 1.52. The number of thioether (sulfide) groups is 1. The molecule has 2 N–H and O–H groups in total. The third-order valence-corrected chi connectivity index (χ3v) is 3.18. The van der Waals surface area contributed by atoms with Crippen LogP contribution < -0.4 is 15.5 Å². The Hall–Kier alpha value is -1.24. The van der Waals surface area contributed by atoms with Crippen molar-refractivity contribution in [3.05, 3.63) is 5.69 Å². The molecule has 0 amide bonds. The quantitative estimate of drug-likeness (QED) is 0.541. The van der Waals surface area contributed by atoms with E-state index in [2.05, 4.69) is 5.27 Å². The van der Waals surface area contributed by atoms with Gasteiger partial charge in [0.15, 0.2) is 0 Å². The van der Waals surface area contributed by atoms with Crippen molar-refractivity contribution in [2.75, 3.05) is 35.3 Å². The number of nitrogens with two attached hydrogens (primary N) is 1. The number of Topliss-reactive ketones (excluding diaryl/α,β-unsaturated/α-hetero) is 1. The van der Waals surface area contributed by atoms with Gasteiger partial charge in [-0.05, 0) is 0 Å². The number of hydrogen-bond acceptors (Lipinski definition) is 6. The minimum absolute atomic E-state index is 0.0840. The number of aromatic nitrogens is 2. The lowest BCUT2D eigenvalue weighted by Crippen LogP contribution is -2.64. The molecule has 1 fully saturated rings. The third-order valence-electron chi connectivity index (χ3n) is 2.24. The van der Waals surface area contributed by atoms with Crippen LogP contribution in [0.15, 0.2) is 4.52 Å². The Bertz CT molecular complexity index is 373. The summed E-state index contributed by atoms with van der Waals surface area (Å²) < 4.78 is 4.83. The Morgan fingerprint density at radius 1 is 1.60 bits per heavy atom. The Morgan fingerprint density at radius 3 is 2.87 bits per heavy atom. The molecule has 1 saturated heterocycles. The maximum atomic E-state index is 11.4. The van der Waals surface area contributed by atoms with Crippen LogP contribution in [0.25, 0.3) is 0 Å². The number of rotatable bonds is 2. The summed E-state index contributed by atoms with van der Waals surface area (Å²) in [5.41, 5.74) is 5.88. The number of nitrogens with zero attached hydrogens (tertiary/aromatic N) is 3. The van der Waals surface area contributed by atoms with E-state index in [0.717, 1.165) is 24.6 Å². The van der Waals surface area contributed by atoms with Crippen LogP contribution in [-0.4, -0.2) is 35.6 Å². The van der Waals surface area contributed by atoms with Gasteiger partial charge < -0.3 is 5.73 Å². The lowest BCUT2D eigenvalue weighted by atomic mass is 10.3. The zero-order valence-electron chi connectivity index (χ0n) is 8.47. The summed E-state index contributed by atoms with van der Waals surface area (Å²) in [6, 6.07) is 0. The van der Waals surface area contributed by atoms with Crippen molar-refractivity contribution in [2.45, 2.75) is 6.92 Å². The largest absolute Gasteiger partial charge is 0.373 e. The lowest BCUT2D eigenvalue weighted by Gasteiger charge is -2.18. The van der Waals surface area contributed by atoms with Crippen LogP contribution >= 0.6 is 11.8 Å². The van der Waals surface area contributed by atoms with Crippen molar-refractivity contribution in [1.82, 2.24) is 5.27 Å². The zero-order chi connectivity index (χ0) is 10.8. The summed E-state index contributed by atoms with van der Waals surface area (Å²) in [6.45, 7) is 3.15. The second kappa shape index (κ2) is 4.09. The van der Waals surface area contributed by atoms with Crippen molar-refractivity contribution in [2.24, 2.45) is 0 Å². The van der Waals surface area contributed by atoms with Gasteiger partial charge in [-0.15, -0.1) is 0 Å². The topological polar surface area (TPSA) is 76.2 Å². The van der Waals surface area contributed by atoms with Crippen molar-refractivity contribution in [3.8, 4) is 0 Å². The molecule has 0 aliphatic carbocycles. The van der Waals surface area contributed by atoms with Gasteiger partial charge >= 0.3 is 11.6 Å². The van der Waals surface area contributed by atoms with E-state index >= 15 is 0 Å². The highest BCUT2D eigenvalue weighted by Gasteiger charge is 2.33. The number of carbonyl (C=O) groups excluding carboxylic acids is 1. The number of hydrogen-bond donors (Lipinski definition) is 1. The molecule has 0 saturated carbocycles. The lowest BCUT2D eigenvalue weighted by molar-refractivity contribution is -0.759. The molecule has 2 heterocycles. The van der Waals surface area contributed by atoms with Gasteiger partial charge in [-0.25, -0.2) is 0 Å². The molecule has 0 radical (unpaired) electrons. The first-order valence-electron chi connectivity index (χ1n) is 4.71. The molecule has 1 aliphatic rings. The molecule has 0 unspecified atom stereocenters. The van der Waals surface area contributed by atoms with Crippen LogP contribution in [0.4, 0.5) is 5.88 Å². The normalized spacial score (nSPS) is 16.7. The van der Waals surface area contributed by atoms with Gasteiger partial charge in [0.05, 0.1) is 17.9 Å². The minimum Gasteiger partial charge on any atom is -0.361 e. The summed E-state index contributed by atoms with van der Waals surface area (Å²) >= 11 is 1.88. The average Bonchev–Trinajstić information content (AvgIpc) is 2.61. The summed E-state index contributed by atoms with van der Waals surface area (Å²) in [5.74, 6) is 2.00. The van der Waals surface area contributed by atoms with Gasteiger partial charge in [0, 0.05) is 18.4 Å². The molecule has 0 atom stereocenters. The third kappa shape index (κ3) is 1.92. The summed E-state index contributed by atoms with van der Waals surface area (Å²) in [6.07, 6.45) is 0. The van der Waals surface area contributed by atoms with Crippen molar-refractivity contribution in [3.63, 3.8) is 0 Å². The highest BCUT2D eigenvalue weighted by Crippen LogP contribution is 2.09. The Labute approximate surface area is 91.3 Å². The van der Waals surface area contributed by atoms with E-state index in [0.29, 0.717) is 5.69 Å². The van der Waals surface area contributed by atoms with Crippen LogP contribution in [-0.2, 0) is 0 Å². The average molecular weight is 229 g/mol. The monoisotopic (exact) mass is 229 g/mol. The number of ketones is 1. The molecule has 1 aromatic rings. The van der Waals surface area contributed by atoms with Crippen molar-refractivity contribution in [1.29, 1.82) is 0 Å². The van der Waals surface area contributed by atoms with Gasteiger partial charge in [0.2, 0.25) is 11.1 Å². The molecule has 82 valence electrons. The van der Waals surface area contributed by atoms with E-state index in [4.69, 9.17) is 10.3 Å². The standard InChI is InChI=1S/C8H12N4O2S/c1-6(13)7-8(9)14-10-12(7)11-2-4-15-5-3-11/h2-5H2,1H3,(H-,9,10,13)/p+1. The Kier molecular flexibility index (Phi) is 2.81. The van der Waals surface area contributed by atoms with Crippen molar-refractivity contribution < 1.29 is 14.1 Å². The molecular weight excluding hydrogens is 216 g/mol. The molecule has 0 spiro atoms. The van der Waals surface area contributed by atoms with Crippen molar-refractivity contribution >= 4 is 23.4 Å². The fourth-order valence-corrected chi connectivity index (χ4v) is 2.40. The molecule has 1 aromatic heterocycles. The van der Waals surface area contributed by atoms with Crippen LogP contribution in [0.3, 0.4) is 0 Å². The number of nitrogen functional groups attached to an aromatic ring is 1. The minimum atomic E-state index is -0.132. The maximum Gasteiger partial charge on any atom is 0.373 e. The molecular formula is C8H13N4O2S+. The molecule has 2 rings (SSSR count). The highest BCUT2D eigenvalue weighted by molar-refractivity contribution is 7.99. The van der Waals surface area contributed by atoms with E-state index in [1.54, 1.807) is 0 Å². The maximum absolute atomic E-state index is 11.4. The molecule has 7 heteroatoms. The molecule has 0 bridgehead atoms. The Morgan fingerprint density at radius 2 is 2.27 bits per heavy atom. The van der Waals surface area contributed by atoms with E-state index in [-0.39, 0.29) is 11.7 Å². The first-order chi connectivity index (χ1) is 7.20. The predicted octanol–water partition coefficient (Wildman–Crippen LogP) is -0.568. The fraction of sp³-hybridized carbons (Fsp3) is 0.625. The number of carbonyl (C=O) groups is 1. The van der Waals surface area contributed by atoms with Gasteiger partial charge in [-0.3, -0.25) is 9.32 Å². The highest BCUT2D eigenvalue weighted by atomic mass is 32.2. The number of anilines is 1. The predicted molar refractivity (Wildman–Crippen MR) is 56.4 cm³/mol. The summed E-state index contributed by atoms with van der Waals surface area (Å²) in [7, 11) is 0. The van der Waals surface area contributed by atoms with Crippen LogP contribution in [0.1, 0.15) is 17.4 Å². The van der Waals surface area contributed by atoms with Gasteiger partial charge in [-0.1, -0.05) is 0 Å². The van der Waals surface area contributed by atoms with E-state index in [1.807, 2.05) is 16.8 Å². The van der Waals surface area contributed by atoms with E-state index < -0.39 is 0 Å². The van der Waals surface area contributed by atoms with Crippen LogP contribution in [0.5, 0.6) is 0 Å². The van der Waals surface area contributed by atoms with Gasteiger partial charge in [0.1, 0.15) is 0 Å². The molecule has 1 aliphatic heterocycles. The van der Waals surface area contributed by atoms with E-state index in [1.165, 1.54) is 11.7 Å².